The number of amides is 1. The fourth-order valence-corrected chi connectivity index (χ4v) is 1.22. The van der Waals surface area contributed by atoms with Crippen LogP contribution in [0.4, 0.5) is 5.69 Å². The van der Waals surface area contributed by atoms with Crippen LogP contribution in [0.5, 0.6) is 0 Å². The summed E-state index contributed by atoms with van der Waals surface area (Å²) in [7, 11) is 0. The normalized spacial score (nSPS) is 11.0. The van der Waals surface area contributed by atoms with E-state index >= 15 is 0 Å². The van der Waals surface area contributed by atoms with Crippen molar-refractivity contribution < 1.29 is 9.90 Å². The van der Waals surface area contributed by atoms with Gasteiger partial charge in [0.1, 0.15) is 5.69 Å². The molecular weight excluding hydrogens is 220 g/mol. The summed E-state index contributed by atoms with van der Waals surface area (Å²) in [5.74, 6) is -0.360. The van der Waals surface area contributed by atoms with Gasteiger partial charge in [-0.15, -0.1) is 4.91 Å². The van der Waals surface area contributed by atoms with Crippen molar-refractivity contribution in [1.29, 1.82) is 0 Å². The summed E-state index contributed by atoms with van der Waals surface area (Å²) in [5, 5.41) is 14.5. The molecule has 0 spiro atoms. The maximum atomic E-state index is 11.8. The van der Waals surface area contributed by atoms with E-state index in [0.717, 1.165) is 0 Å². The first-order valence-electron chi connectivity index (χ1n) is 5.31. The van der Waals surface area contributed by atoms with Crippen molar-refractivity contribution in [3.8, 4) is 0 Å². The fourth-order valence-electron chi connectivity index (χ4n) is 1.22. The second-order valence-electron chi connectivity index (χ2n) is 4.61. The number of rotatable bonds is 5. The molecule has 1 aromatic carbocycles. The van der Waals surface area contributed by atoms with Crippen molar-refractivity contribution in [2.24, 2.45) is 10.6 Å². The second kappa shape index (κ2) is 5.54. The molecule has 0 aliphatic carbocycles. The van der Waals surface area contributed by atoms with E-state index in [1.165, 1.54) is 12.1 Å². The van der Waals surface area contributed by atoms with Crippen LogP contribution in [-0.2, 0) is 0 Å². The first-order chi connectivity index (χ1) is 8.00. The molecule has 0 radical (unpaired) electrons. The molecule has 2 N–H and O–H groups in total. The lowest BCUT2D eigenvalue weighted by Gasteiger charge is -2.21. The molecule has 1 aromatic rings. The smallest absolute Gasteiger partial charge is 0.253 e. The van der Waals surface area contributed by atoms with Crippen molar-refractivity contribution >= 4 is 11.6 Å². The van der Waals surface area contributed by atoms with E-state index in [4.69, 9.17) is 5.11 Å². The van der Waals surface area contributed by atoms with E-state index in [9.17, 15) is 9.70 Å². The first kappa shape index (κ1) is 13.3. The highest BCUT2D eigenvalue weighted by Crippen LogP contribution is 2.18. The predicted molar refractivity (Wildman–Crippen MR) is 65.1 cm³/mol. The third-order valence-corrected chi connectivity index (χ3v) is 2.40. The Kier molecular flexibility index (Phi) is 4.34. The number of aliphatic hydroxyl groups excluding tert-OH is 1. The minimum Gasteiger partial charge on any atom is -0.396 e. The Labute approximate surface area is 99.8 Å². The van der Waals surface area contributed by atoms with Crippen molar-refractivity contribution in [1.82, 2.24) is 5.32 Å². The number of nitrogens with zero attached hydrogens (tertiary/aromatic N) is 1. The van der Waals surface area contributed by atoms with Gasteiger partial charge in [0.05, 0.1) is 5.56 Å². The Morgan fingerprint density at radius 2 is 2.06 bits per heavy atom. The molecule has 0 aromatic heterocycles. The maximum Gasteiger partial charge on any atom is 0.253 e. The Bertz CT molecular complexity index is 416. The molecule has 5 nitrogen and oxygen atoms in total. The van der Waals surface area contributed by atoms with Gasteiger partial charge >= 0.3 is 0 Å². The summed E-state index contributed by atoms with van der Waals surface area (Å²) in [5.41, 5.74) is -0.0257. The van der Waals surface area contributed by atoms with Gasteiger partial charge in [-0.2, -0.15) is 0 Å². The number of hydrogen-bond donors (Lipinski definition) is 2. The van der Waals surface area contributed by atoms with Crippen LogP contribution in [0.3, 0.4) is 0 Å². The summed E-state index contributed by atoms with van der Waals surface area (Å²) >= 11 is 0. The van der Waals surface area contributed by atoms with E-state index in [2.05, 4.69) is 10.5 Å². The van der Waals surface area contributed by atoms with E-state index in [0.29, 0.717) is 6.54 Å². The van der Waals surface area contributed by atoms with E-state index < -0.39 is 0 Å². The monoisotopic (exact) mass is 236 g/mol. The Morgan fingerprint density at radius 3 is 2.65 bits per heavy atom. The number of carbonyl (C=O) groups is 1. The number of hydrogen-bond acceptors (Lipinski definition) is 4. The van der Waals surface area contributed by atoms with Gasteiger partial charge in [-0.25, -0.2) is 0 Å². The SMILES string of the molecule is CC(C)(CO)CNC(=O)c1ccccc1N=O. The summed E-state index contributed by atoms with van der Waals surface area (Å²) in [6.07, 6.45) is 0. The molecule has 17 heavy (non-hydrogen) atoms. The molecule has 92 valence electrons. The van der Waals surface area contributed by atoms with Gasteiger partial charge in [-0.05, 0) is 17.3 Å². The molecule has 1 amide bonds. The van der Waals surface area contributed by atoms with Crippen LogP contribution in [0, 0.1) is 10.3 Å². The molecule has 0 bridgehead atoms. The van der Waals surface area contributed by atoms with Crippen LogP contribution in [0.2, 0.25) is 0 Å². The van der Waals surface area contributed by atoms with Crippen molar-refractivity contribution in [2.45, 2.75) is 13.8 Å². The van der Waals surface area contributed by atoms with Crippen LogP contribution in [0.1, 0.15) is 24.2 Å². The molecule has 5 heteroatoms. The number of benzene rings is 1. The average molecular weight is 236 g/mol. The van der Waals surface area contributed by atoms with Crippen LogP contribution in [0.25, 0.3) is 0 Å². The van der Waals surface area contributed by atoms with Gasteiger partial charge in [0, 0.05) is 18.6 Å². The zero-order chi connectivity index (χ0) is 12.9. The predicted octanol–water partition coefficient (Wildman–Crippen LogP) is 1.83. The van der Waals surface area contributed by atoms with Gasteiger partial charge in [-0.3, -0.25) is 4.79 Å². The molecule has 0 saturated carbocycles. The molecular formula is C12H16N2O3. The lowest BCUT2D eigenvalue weighted by atomic mass is 9.95. The minimum absolute atomic E-state index is 0.0269. The number of nitroso groups, excluding NO2 is 1. The zero-order valence-corrected chi connectivity index (χ0v) is 9.93. The highest BCUT2D eigenvalue weighted by atomic mass is 16.3. The largest absolute Gasteiger partial charge is 0.396 e. The average Bonchev–Trinajstić information content (AvgIpc) is 2.36. The molecule has 0 aliphatic rings. The van der Waals surface area contributed by atoms with Crippen molar-refractivity contribution in [3.05, 3.63) is 34.7 Å². The third kappa shape index (κ3) is 3.64. The summed E-state index contributed by atoms with van der Waals surface area (Å²) in [6, 6.07) is 6.34. The van der Waals surface area contributed by atoms with Gasteiger partial charge in [-0.1, -0.05) is 26.0 Å². The second-order valence-corrected chi connectivity index (χ2v) is 4.61. The molecule has 0 fully saturated rings. The lowest BCUT2D eigenvalue weighted by Crippen LogP contribution is -2.36. The van der Waals surface area contributed by atoms with Gasteiger partial charge in [0.25, 0.3) is 5.91 Å². The van der Waals surface area contributed by atoms with Crippen molar-refractivity contribution in [2.75, 3.05) is 13.2 Å². The third-order valence-electron chi connectivity index (χ3n) is 2.40. The highest BCUT2D eigenvalue weighted by Gasteiger charge is 2.19. The molecule has 0 heterocycles. The summed E-state index contributed by atoms with van der Waals surface area (Å²) < 4.78 is 0. The molecule has 0 saturated heterocycles. The summed E-state index contributed by atoms with van der Waals surface area (Å²) in [4.78, 5) is 22.3. The van der Waals surface area contributed by atoms with E-state index in [1.54, 1.807) is 12.1 Å². The lowest BCUT2D eigenvalue weighted by molar-refractivity contribution is 0.0912. The number of aliphatic hydroxyl groups is 1. The van der Waals surface area contributed by atoms with Crippen LogP contribution < -0.4 is 5.32 Å². The number of nitrogens with one attached hydrogen (secondary N) is 1. The molecule has 1 rings (SSSR count). The van der Waals surface area contributed by atoms with Crippen LogP contribution in [-0.4, -0.2) is 24.2 Å². The van der Waals surface area contributed by atoms with Crippen LogP contribution in [0.15, 0.2) is 29.4 Å². The topological polar surface area (TPSA) is 78.8 Å². The van der Waals surface area contributed by atoms with E-state index in [1.807, 2.05) is 13.8 Å². The summed E-state index contributed by atoms with van der Waals surface area (Å²) in [6.45, 7) is 3.96. The molecule has 0 unspecified atom stereocenters. The molecule has 0 aliphatic heterocycles. The van der Waals surface area contributed by atoms with Gasteiger partial charge in [0.15, 0.2) is 0 Å². The number of carbonyl (C=O) groups excluding carboxylic acids is 1. The quantitative estimate of drug-likeness (QED) is 0.765. The minimum atomic E-state index is -0.390. The first-order valence-corrected chi connectivity index (χ1v) is 5.31. The van der Waals surface area contributed by atoms with Crippen LogP contribution >= 0.6 is 0 Å². The Hall–Kier alpha value is -1.75. The van der Waals surface area contributed by atoms with E-state index in [-0.39, 0.29) is 29.2 Å². The Morgan fingerprint density at radius 1 is 1.41 bits per heavy atom. The standard InChI is InChI=1S/C12H16N2O3/c1-12(2,8-15)7-13-11(16)9-5-3-4-6-10(9)14-17/h3-6,15H,7-8H2,1-2H3,(H,13,16). The van der Waals surface area contributed by atoms with Gasteiger partial charge in [0.2, 0.25) is 0 Å². The Balaban J connectivity index is 2.74. The molecule has 0 atom stereocenters. The fraction of sp³-hybridized carbons (Fsp3) is 0.417. The zero-order valence-electron chi connectivity index (χ0n) is 9.93. The highest BCUT2D eigenvalue weighted by molar-refractivity contribution is 5.98. The maximum absolute atomic E-state index is 11.8. The van der Waals surface area contributed by atoms with Gasteiger partial charge < -0.3 is 10.4 Å². The van der Waals surface area contributed by atoms with Crippen molar-refractivity contribution in [3.63, 3.8) is 0 Å².